The molecule has 2 aromatic carbocycles. The Morgan fingerprint density at radius 1 is 0.972 bits per heavy atom. The second-order valence-electron chi connectivity index (χ2n) is 8.04. The summed E-state index contributed by atoms with van der Waals surface area (Å²) < 4.78 is 21.6. The van der Waals surface area contributed by atoms with Crippen molar-refractivity contribution in [2.45, 2.75) is 24.6 Å². The van der Waals surface area contributed by atoms with Gasteiger partial charge in [0.2, 0.25) is 5.95 Å². The number of fused-ring (bicyclic) bond motifs is 1. The summed E-state index contributed by atoms with van der Waals surface area (Å²) >= 11 is 0. The van der Waals surface area contributed by atoms with Gasteiger partial charge in [0, 0.05) is 11.1 Å². The number of anilines is 2. The number of ether oxygens (including phenoxy) is 1. The SMILES string of the molecule is O=C(Nc1nc(NC(=O)c2ccccc2)c2ncn([C@@H]3O[C@H](CO)[C@H](O)[C@H]3F)c2n1)c1ccccc1. The van der Waals surface area contributed by atoms with Crippen LogP contribution in [0.1, 0.15) is 26.9 Å². The molecule has 0 saturated carbocycles. The molecule has 1 aliphatic rings. The molecule has 36 heavy (non-hydrogen) atoms. The van der Waals surface area contributed by atoms with E-state index in [0.717, 1.165) is 0 Å². The molecule has 3 heterocycles. The standard InChI is InChI=1S/C24H21FN6O5/c25-16-18(33)15(11-32)36-23(16)31-12-26-17-19(27-21(34)13-7-3-1-4-8-13)28-24(29-20(17)31)30-22(35)14-9-5-2-6-10-14/h1-10,12,15-16,18,23,32-33H,11H2,(H2,27,28,29,30,34,35)/t15-,16-,18+,23-/m1/s1. The molecule has 11 nitrogen and oxygen atoms in total. The highest BCUT2D eigenvalue weighted by molar-refractivity contribution is 6.08. The molecule has 0 spiro atoms. The van der Waals surface area contributed by atoms with Crippen LogP contribution < -0.4 is 10.6 Å². The first-order valence-electron chi connectivity index (χ1n) is 11.0. The zero-order chi connectivity index (χ0) is 25.2. The van der Waals surface area contributed by atoms with Crippen molar-refractivity contribution in [3.8, 4) is 0 Å². The molecule has 0 bridgehead atoms. The summed E-state index contributed by atoms with van der Waals surface area (Å²) in [7, 11) is 0. The second-order valence-corrected chi connectivity index (χ2v) is 8.04. The zero-order valence-electron chi connectivity index (χ0n) is 18.7. The van der Waals surface area contributed by atoms with Gasteiger partial charge in [0.25, 0.3) is 11.8 Å². The normalized spacial score (nSPS) is 21.4. The van der Waals surface area contributed by atoms with Gasteiger partial charge in [-0.2, -0.15) is 9.97 Å². The summed E-state index contributed by atoms with van der Waals surface area (Å²) in [5.74, 6) is -1.18. The molecule has 1 fully saturated rings. The maximum absolute atomic E-state index is 14.9. The molecule has 4 atom stereocenters. The number of amides is 2. The number of aliphatic hydroxyl groups is 2. The number of aliphatic hydroxyl groups excluding tert-OH is 2. The third-order valence-electron chi connectivity index (χ3n) is 5.70. The Labute approximate surface area is 203 Å². The van der Waals surface area contributed by atoms with Crippen molar-refractivity contribution in [2.24, 2.45) is 0 Å². The van der Waals surface area contributed by atoms with E-state index >= 15 is 0 Å². The Morgan fingerprint density at radius 3 is 2.17 bits per heavy atom. The van der Waals surface area contributed by atoms with Crippen molar-refractivity contribution < 1.29 is 28.9 Å². The van der Waals surface area contributed by atoms with Crippen LogP contribution in [0, 0.1) is 0 Å². The summed E-state index contributed by atoms with van der Waals surface area (Å²) in [6.07, 6.45) is -4.72. The number of carbonyl (C=O) groups is 2. The highest BCUT2D eigenvalue weighted by Crippen LogP contribution is 2.34. The number of aromatic nitrogens is 4. The predicted octanol–water partition coefficient (Wildman–Crippen LogP) is 1.92. The number of benzene rings is 2. The number of halogens is 1. The molecule has 4 N–H and O–H groups in total. The molecule has 2 aromatic heterocycles. The van der Waals surface area contributed by atoms with Gasteiger partial charge in [-0.15, -0.1) is 0 Å². The number of imidazole rings is 1. The van der Waals surface area contributed by atoms with E-state index in [1.54, 1.807) is 60.7 Å². The molecule has 5 rings (SSSR count). The van der Waals surface area contributed by atoms with Crippen molar-refractivity contribution in [1.82, 2.24) is 19.5 Å². The zero-order valence-corrected chi connectivity index (χ0v) is 18.7. The van der Waals surface area contributed by atoms with E-state index in [2.05, 4.69) is 25.6 Å². The number of nitrogens with zero attached hydrogens (tertiary/aromatic N) is 4. The molecule has 0 radical (unpaired) electrons. The number of rotatable bonds is 6. The van der Waals surface area contributed by atoms with Crippen LogP contribution in [0.25, 0.3) is 11.2 Å². The van der Waals surface area contributed by atoms with Gasteiger partial charge in [-0.25, -0.2) is 9.37 Å². The minimum Gasteiger partial charge on any atom is -0.394 e. The minimum atomic E-state index is -1.89. The summed E-state index contributed by atoms with van der Waals surface area (Å²) in [5.41, 5.74) is 0.849. The predicted molar refractivity (Wildman–Crippen MR) is 126 cm³/mol. The lowest BCUT2D eigenvalue weighted by Gasteiger charge is -2.16. The average Bonchev–Trinajstić information content (AvgIpc) is 3.45. The molecule has 12 heteroatoms. The van der Waals surface area contributed by atoms with E-state index < -0.39 is 43.0 Å². The van der Waals surface area contributed by atoms with Crippen molar-refractivity contribution in [3.63, 3.8) is 0 Å². The van der Waals surface area contributed by atoms with Crippen LogP contribution in [0.2, 0.25) is 0 Å². The molecule has 0 aliphatic carbocycles. The molecule has 0 unspecified atom stereocenters. The van der Waals surface area contributed by atoms with E-state index in [0.29, 0.717) is 11.1 Å². The lowest BCUT2D eigenvalue weighted by Crippen LogP contribution is -2.30. The molecule has 184 valence electrons. The Hall–Kier alpha value is -4.26. The largest absolute Gasteiger partial charge is 0.394 e. The number of hydrogen-bond acceptors (Lipinski definition) is 8. The third kappa shape index (κ3) is 4.40. The fourth-order valence-corrected chi connectivity index (χ4v) is 3.86. The van der Waals surface area contributed by atoms with Crippen LogP contribution in [0.4, 0.5) is 16.2 Å². The fraction of sp³-hybridized carbons (Fsp3) is 0.208. The van der Waals surface area contributed by atoms with Crippen LogP contribution in [-0.2, 0) is 4.74 Å². The summed E-state index contributed by atoms with van der Waals surface area (Å²) in [4.78, 5) is 38.3. The fourth-order valence-electron chi connectivity index (χ4n) is 3.86. The van der Waals surface area contributed by atoms with Gasteiger partial charge in [0.15, 0.2) is 29.4 Å². The quantitative estimate of drug-likeness (QED) is 0.319. The smallest absolute Gasteiger partial charge is 0.258 e. The second kappa shape index (κ2) is 9.77. The summed E-state index contributed by atoms with van der Waals surface area (Å²) in [5, 5.41) is 24.7. The van der Waals surface area contributed by atoms with E-state index in [1.165, 1.54) is 10.9 Å². The van der Waals surface area contributed by atoms with Crippen molar-refractivity contribution in [3.05, 3.63) is 78.1 Å². The molecular weight excluding hydrogens is 471 g/mol. The Balaban J connectivity index is 1.55. The number of hydrogen-bond donors (Lipinski definition) is 4. The van der Waals surface area contributed by atoms with Crippen LogP contribution in [0.3, 0.4) is 0 Å². The minimum absolute atomic E-state index is 0.0244. The maximum Gasteiger partial charge on any atom is 0.258 e. The summed E-state index contributed by atoms with van der Waals surface area (Å²) in [6, 6.07) is 16.8. The first-order chi connectivity index (χ1) is 17.5. The monoisotopic (exact) mass is 492 g/mol. The van der Waals surface area contributed by atoms with Gasteiger partial charge >= 0.3 is 0 Å². The van der Waals surface area contributed by atoms with Crippen LogP contribution in [0.5, 0.6) is 0 Å². The molecule has 4 aromatic rings. The lowest BCUT2D eigenvalue weighted by atomic mass is 10.1. The maximum atomic E-state index is 14.9. The van der Waals surface area contributed by atoms with E-state index in [4.69, 9.17) is 4.74 Å². The van der Waals surface area contributed by atoms with Crippen molar-refractivity contribution in [2.75, 3.05) is 17.2 Å². The first kappa shape index (κ1) is 23.5. The van der Waals surface area contributed by atoms with Crippen LogP contribution in [0.15, 0.2) is 67.0 Å². The lowest BCUT2D eigenvalue weighted by molar-refractivity contribution is -0.0459. The van der Waals surface area contributed by atoms with E-state index in [9.17, 15) is 24.2 Å². The molecule has 2 amide bonds. The van der Waals surface area contributed by atoms with Gasteiger partial charge in [0.1, 0.15) is 12.2 Å². The Bertz CT molecular complexity index is 1400. The first-order valence-corrected chi connectivity index (χ1v) is 11.0. The Morgan fingerprint density at radius 2 is 1.58 bits per heavy atom. The van der Waals surface area contributed by atoms with Gasteiger partial charge in [-0.05, 0) is 24.3 Å². The molecule has 1 saturated heterocycles. The number of nitrogens with one attached hydrogen (secondary N) is 2. The van der Waals surface area contributed by atoms with Crippen LogP contribution in [-0.4, -0.2) is 66.5 Å². The molecule has 1 aliphatic heterocycles. The van der Waals surface area contributed by atoms with Gasteiger partial charge in [-0.1, -0.05) is 36.4 Å². The Kier molecular flexibility index (Phi) is 6.38. The topological polar surface area (TPSA) is 151 Å². The highest BCUT2D eigenvalue weighted by Gasteiger charge is 2.45. The summed E-state index contributed by atoms with van der Waals surface area (Å²) in [6.45, 7) is -0.587. The van der Waals surface area contributed by atoms with E-state index in [1.807, 2.05) is 0 Å². The average molecular weight is 492 g/mol. The third-order valence-corrected chi connectivity index (χ3v) is 5.70. The molecular formula is C24H21FN6O5. The number of alkyl halides is 1. The van der Waals surface area contributed by atoms with Crippen LogP contribution >= 0.6 is 0 Å². The van der Waals surface area contributed by atoms with Crippen molar-refractivity contribution >= 4 is 34.7 Å². The number of carbonyl (C=O) groups excluding carboxylic acids is 2. The van der Waals surface area contributed by atoms with Gasteiger partial charge in [-0.3, -0.25) is 19.5 Å². The highest BCUT2D eigenvalue weighted by atomic mass is 19.1. The van der Waals surface area contributed by atoms with Crippen molar-refractivity contribution in [1.29, 1.82) is 0 Å². The van der Waals surface area contributed by atoms with Gasteiger partial charge in [0.05, 0.1) is 12.9 Å². The van der Waals surface area contributed by atoms with Gasteiger partial charge < -0.3 is 20.3 Å². The van der Waals surface area contributed by atoms with E-state index in [-0.39, 0.29) is 22.9 Å².